The summed E-state index contributed by atoms with van der Waals surface area (Å²) >= 11 is 1.52. The molecule has 1 aromatic rings. The van der Waals surface area contributed by atoms with Crippen LogP contribution in [-0.2, 0) is 0 Å². The van der Waals surface area contributed by atoms with Gasteiger partial charge in [0, 0.05) is 10.5 Å². The van der Waals surface area contributed by atoms with Crippen molar-refractivity contribution in [1.82, 2.24) is 0 Å². The van der Waals surface area contributed by atoms with Gasteiger partial charge >= 0.3 is 0 Å². The minimum absolute atomic E-state index is 0.0797. The van der Waals surface area contributed by atoms with E-state index in [9.17, 15) is 4.79 Å². The number of hydrogen-bond acceptors (Lipinski definition) is 2. The van der Waals surface area contributed by atoms with E-state index in [1.807, 2.05) is 26.8 Å². The molecule has 1 aromatic heterocycles. The molecule has 86 valence electrons. The van der Waals surface area contributed by atoms with Crippen LogP contribution in [0.4, 0.5) is 0 Å². The lowest BCUT2D eigenvalue weighted by Crippen LogP contribution is -1.96. The summed E-state index contributed by atoms with van der Waals surface area (Å²) in [6.45, 7) is 14.8. The van der Waals surface area contributed by atoms with E-state index in [1.54, 1.807) is 6.92 Å². The van der Waals surface area contributed by atoms with Crippen LogP contribution in [0.3, 0.4) is 0 Å². The van der Waals surface area contributed by atoms with Crippen LogP contribution < -0.4 is 0 Å². The summed E-state index contributed by atoms with van der Waals surface area (Å²) in [4.78, 5) is 17.7. The summed E-state index contributed by atoms with van der Waals surface area (Å²) in [5, 5.41) is 0. The van der Waals surface area contributed by atoms with Gasteiger partial charge in [-0.3, -0.25) is 4.79 Å². The highest BCUT2D eigenvalue weighted by Crippen LogP contribution is 2.44. The lowest BCUT2D eigenvalue weighted by molar-refractivity contribution is 0.104. The first-order valence-corrected chi connectivity index (χ1v) is 6.20. The van der Waals surface area contributed by atoms with Gasteiger partial charge in [0.15, 0.2) is 5.70 Å². The first kappa shape index (κ1) is 11.8. The molecule has 17 heavy (non-hydrogen) atoms. The van der Waals surface area contributed by atoms with Gasteiger partial charge in [-0.2, -0.15) is 0 Å². The zero-order valence-electron chi connectivity index (χ0n) is 10.3. The number of nitrogens with zero attached hydrogens (tertiary/aromatic N) is 1. The Labute approximate surface area is 105 Å². The summed E-state index contributed by atoms with van der Waals surface area (Å²) in [6, 6.07) is 2.01. The summed E-state index contributed by atoms with van der Waals surface area (Å²) in [5.41, 5.74) is 4.09. The van der Waals surface area contributed by atoms with Gasteiger partial charge in [-0.05, 0) is 44.9 Å². The van der Waals surface area contributed by atoms with Crippen LogP contribution in [0.25, 0.3) is 10.4 Å². The van der Waals surface area contributed by atoms with Crippen LogP contribution in [0, 0.1) is 13.5 Å². The monoisotopic (exact) mass is 243 g/mol. The average Bonchev–Trinajstić information content (AvgIpc) is 2.75. The largest absolute Gasteiger partial charge is 0.288 e. The van der Waals surface area contributed by atoms with Crippen molar-refractivity contribution in [3.8, 4) is 0 Å². The average molecular weight is 243 g/mol. The molecule has 0 fully saturated rings. The molecule has 0 saturated carbocycles. The third-order valence-corrected chi connectivity index (χ3v) is 3.89. The van der Waals surface area contributed by atoms with Crippen molar-refractivity contribution < 1.29 is 4.79 Å². The first-order chi connectivity index (χ1) is 7.97. The molecule has 0 spiro atoms. The highest BCUT2D eigenvalue weighted by Gasteiger charge is 2.33. The third kappa shape index (κ3) is 1.65. The number of allylic oxidation sites excluding steroid dienone is 4. The van der Waals surface area contributed by atoms with Crippen molar-refractivity contribution in [3.05, 3.63) is 49.6 Å². The molecule has 0 N–H and O–H groups in total. The van der Waals surface area contributed by atoms with Crippen molar-refractivity contribution in [3.63, 3.8) is 0 Å². The smallest absolute Gasteiger partial charge is 0.202 e. The van der Waals surface area contributed by atoms with Crippen LogP contribution in [0.2, 0.25) is 0 Å². The molecule has 0 saturated heterocycles. The molecule has 0 amide bonds. The summed E-state index contributed by atoms with van der Waals surface area (Å²) in [7, 11) is 0. The maximum Gasteiger partial charge on any atom is 0.202 e. The number of hydrogen-bond donors (Lipinski definition) is 0. The van der Waals surface area contributed by atoms with Crippen molar-refractivity contribution in [2.45, 2.75) is 27.7 Å². The van der Waals surface area contributed by atoms with Crippen LogP contribution in [0.15, 0.2) is 22.9 Å². The topological polar surface area (TPSA) is 21.4 Å². The molecule has 0 aromatic carbocycles. The molecule has 2 rings (SSSR count). The van der Waals surface area contributed by atoms with Crippen LogP contribution in [0.1, 0.15) is 40.9 Å². The lowest BCUT2D eigenvalue weighted by atomic mass is 10.00. The Balaban J connectivity index is 2.84. The maximum atomic E-state index is 12.3. The standard InChI is InChI=1S/C14H13NOS/c1-7(2)11-12(9(4)15-5)10-6-8(3)17-14(10)13(11)16/h6H,1-4H3/b12-9+. The normalized spacial score (nSPS) is 16.9. The minimum Gasteiger partial charge on any atom is -0.288 e. The minimum atomic E-state index is 0.0797. The molecule has 1 aliphatic rings. The van der Waals surface area contributed by atoms with E-state index in [0.717, 1.165) is 32.0 Å². The van der Waals surface area contributed by atoms with E-state index in [4.69, 9.17) is 6.57 Å². The van der Waals surface area contributed by atoms with Gasteiger partial charge in [0.2, 0.25) is 5.78 Å². The Kier molecular flexibility index (Phi) is 2.76. The fourth-order valence-corrected chi connectivity index (χ4v) is 3.10. The molecule has 2 nitrogen and oxygen atoms in total. The van der Waals surface area contributed by atoms with E-state index in [-0.39, 0.29) is 5.78 Å². The van der Waals surface area contributed by atoms with Crippen molar-refractivity contribution in [2.24, 2.45) is 0 Å². The van der Waals surface area contributed by atoms with E-state index in [2.05, 4.69) is 4.85 Å². The van der Waals surface area contributed by atoms with Gasteiger partial charge in [-0.25, -0.2) is 4.85 Å². The molecular weight excluding hydrogens is 230 g/mol. The van der Waals surface area contributed by atoms with E-state index < -0.39 is 0 Å². The summed E-state index contributed by atoms with van der Waals surface area (Å²) in [5.74, 6) is 0.0797. The third-order valence-electron chi connectivity index (χ3n) is 2.84. The van der Waals surface area contributed by atoms with Gasteiger partial charge in [0.1, 0.15) is 0 Å². The van der Waals surface area contributed by atoms with Crippen molar-refractivity contribution in [1.29, 1.82) is 0 Å². The second-order valence-corrected chi connectivity index (χ2v) is 5.63. The van der Waals surface area contributed by atoms with Crippen molar-refractivity contribution >= 4 is 22.7 Å². The van der Waals surface area contributed by atoms with E-state index in [0.29, 0.717) is 5.70 Å². The second kappa shape index (κ2) is 3.97. The number of rotatable bonds is 0. The van der Waals surface area contributed by atoms with Gasteiger partial charge < -0.3 is 0 Å². The predicted octanol–water partition coefficient (Wildman–Crippen LogP) is 4.24. The maximum absolute atomic E-state index is 12.3. The molecule has 3 heteroatoms. The zero-order chi connectivity index (χ0) is 12.7. The zero-order valence-corrected chi connectivity index (χ0v) is 11.2. The predicted molar refractivity (Wildman–Crippen MR) is 71.0 cm³/mol. The molecule has 0 atom stereocenters. The fraction of sp³-hybridized carbons (Fsp3) is 0.286. The number of thiophene rings is 1. The number of aryl methyl sites for hydroxylation is 1. The quantitative estimate of drug-likeness (QED) is 0.493. The molecule has 1 aliphatic carbocycles. The van der Waals surface area contributed by atoms with Gasteiger partial charge in [-0.15, -0.1) is 11.3 Å². The van der Waals surface area contributed by atoms with Gasteiger partial charge in [0.05, 0.1) is 11.4 Å². The highest BCUT2D eigenvalue weighted by atomic mass is 32.1. The molecule has 0 radical (unpaired) electrons. The number of carbonyl (C=O) groups excluding carboxylic acids is 1. The van der Waals surface area contributed by atoms with Crippen molar-refractivity contribution in [2.75, 3.05) is 0 Å². The van der Waals surface area contributed by atoms with Crippen LogP contribution in [0.5, 0.6) is 0 Å². The summed E-state index contributed by atoms with van der Waals surface area (Å²) < 4.78 is 0. The SMILES string of the molecule is [C-]#[N+]/C(C)=C1/C(=C(C)C)C(=O)c2sc(C)cc21. The highest BCUT2D eigenvalue weighted by molar-refractivity contribution is 7.14. The lowest BCUT2D eigenvalue weighted by Gasteiger charge is -2.04. The number of Topliss-reactive ketones (excluding diaryl/α,β-unsaturated/α-hetero) is 1. The second-order valence-electron chi connectivity index (χ2n) is 4.38. The molecule has 1 heterocycles. The number of fused-ring (bicyclic) bond motifs is 1. The number of ketones is 1. The Hall–Kier alpha value is -1.66. The van der Waals surface area contributed by atoms with Gasteiger partial charge in [-0.1, -0.05) is 5.57 Å². The molecular formula is C14H13NOS. The Morgan fingerprint density at radius 3 is 2.47 bits per heavy atom. The first-order valence-electron chi connectivity index (χ1n) is 5.39. The Morgan fingerprint density at radius 2 is 1.94 bits per heavy atom. The molecule has 0 unspecified atom stereocenters. The van der Waals surface area contributed by atoms with Gasteiger partial charge in [0.25, 0.3) is 0 Å². The summed E-state index contributed by atoms with van der Waals surface area (Å²) in [6.07, 6.45) is 0. The molecule has 0 aliphatic heterocycles. The van der Waals surface area contributed by atoms with E-state index >= 15 is 0 Å². The fourth-order valence-electron chi connectivity index (χ4n) is 2.14. The van der Waals surface area contributed by atoms with Crippen LogP contribution >= 0.6 is 11.3 Å². The number of carbonyl (C=O) groups is 1. The Morgan fingerprint density at radius 1 is 1.29 bits per heavy atom. The Bertz CT molecular complexity index is 619. The molecule has 0 bridgehead atoms. The van der Waals surface area contributed by atoms with Crippen LogP contribution in [-0.4, -0.2) is 5.78 Å². The van der Waals surface area contributed by atoms with E-state index in [1.165, 1.54) is 11.3 Å².